The first-order valence-corrected chi connectivity index (χ1v) is 8.48. The number of aliphatic hydroxyl groups excluding tert-OH is 1. The molecular weight excluding hydrogens is 315 g/mol. The molecule has 126 valence electrons. The van der Waals surface area contributed by atoms with Crippen LogP contribution in [-0.2, 0) is 22.7 Å². The van der Waals surface area contributed by atoms with E-state index < -0.39 is 0 Å². The highest BCUT2D eigenvalue weighted by atomic mass is 32.1. The van der Waals surface area contributed by atoms with Gasteiger partial charge in [-0.1, -0.05) is 26.0 Å². The van der Waals surface area contributed by atoms with Crippen LogP contribution in [0.1, 0.15) is 35.1 Å². The van der Waals surface area contributed by atoms with Gasteiger partial charge in [-0.3, -0.25) is 0 Å². The van der Waals surface area contributed by atoms with Gasteiger partial charge in [0.15, 0.2) is 0 Å². The topological polar surface area (TPSA) is 38.7 Å². The Labute approximate surface area is 140 Å². The van der Waals surface area contributed by atoms with Crippen molar-refractivity contribution < 1.29 is 19.0 Å². The van der Waals surface area contributed by atoms with Crippen molar-refractivity contribution in [1.82, 2.24) is 0 Å². The van der Waals surface area contributed by atoms with E-state index in [0.29, 0.717) is 25.7 Å². The predicted molar refractivity (Wildman–Crippen MR) is 91.3 cm³/mol. The van der Waals surface area contributed by atoms with Crippen molar-refractivity contribution in [3.05, 3.63) is 45.4 Å². The molecule has 2 rings (SSSR count). The van der Waals surface area contributed by atoms with Gasteiger partial charge in [-0.15, -0.1) is 11.3 Å². The van der Waals surface area contributed by atoms with Crippen molar-refractivity contribution in [3.63, 3.8) is 0 Å². The van der Waals surface area contributed by atoms with Crippen LogP contribution in [-0.4, -0.2) is 25.4 Å². The van der Waals surface area contributed by atoms with E-state index in [1.165, 1.54) is 12.1 Å². The summed E-state index contributed by atoms with van der Waals surface area (Å²) in [7, 11) is 1.64. The first kappa shape index (κ1) is 18.1. The third-order valence-corrected chi connectivity index (χ3v) is 5.10. The van der Waals surface area contributed by atoms with E-state index in [1.54, 1.807) is 30.6 Å². The van der Waals surface area contributed by atoms with Crippen LogP contribution in [0.25, 0.3) is 11.1 Å². The van der Waals surface area contributed by atoms with Gasteiger partial charge in [-0.05, 0) is 29.2 Å². The molecule has 0 saturated carbocycles. The molecule has 0 atom stereocenters. The number of aliphatic hydroxyl groups is 1. The van der Waals surface area contributed by atoms with Gasteiger partial charge in [0.25, 0.3) is 0 Å². The third-order valence-electron chi connectivity index (χ3n) is 3.59. The molecule has 0 aliphatic rings. The zero-order chi connectivity index (χ0) is 16.8. The van der Waals surface area contributed by atoms with Gasteiger partial charge in [0.2, 0.25) is 0 Å². The molecule has 2 aromatic rings. The first-order chi connectivity index (χ1) is 11.1. The van der Waals surface area contributed by atoms with Gasteiger partial charge in [-0.25, -0.2) is 4.39 Å². The highest BCUT2D eigenvalue weighted by Crippen LogP contribution is 2.40. The monoisotopic (exact) mass is 338 g/mol. The van der Waals surface area contributed by atoms with Crippen LogP contribution in [0.4, 0.5) is 4.39 Å². The summed E-state index contributed by atoms with van der Waals surface area (Å²) in [5.74, 6) is 0.0468. The lowest BCUT2D eigenvalue weighted by molar-refractivity contribution is 0.0630. The van der Waals surface area contributed by atoms with Crippen LogP contribution in [0, 0.1) is 5.82 Å². The van der Waals surface area contributed by atoms with E-state index in [4.69, 9.17) is 9.47 Å². The summed E-state index contributed by atoms with van der Waals surface area (Å²) in [6.45, 7) is 5.70. The molecule has 23 heavy (non-hydrogen) atoms. The van der Waals surface area contributed by atoms with Crippen molar-refractivity contribution in [1.29, 1.82) is 0 Å². The van der Waals surface area contributed by atoms with E-state index in [2.05, 4.69) is 13.8 Å². The fourth-order valence-electron chi connectivity index (χ4n) is 2.52. The Hall–Kier alpha value is -1.27. The summed E-state index contributed by atoms with van der Waals surface area (Å²) in [6.07, 6.45) is 0. The molecule has 3 nitrogen and oxygen atoms in total. The zero-order valence-electron chi connectivity index (χ0n) is 13.8. The summed E-state index contributed by atoms with van der Waals surface area (Å²) in [5, 5.41) is 9.86. The molecule has 0 spiro atoms. The molecule has 0 bridgehead atoms. The number of thiophene rings is 1. The lowest BCUT2D eigenvalue weighted by Gasteiger charge is -2.09. The second-order valence-corrected chi connectivity index (χ2v) is 6.74. The Kier molecular flexibility index (Phi) is 6.72. The third kappa shape index (κ3) is 4.38. The minimum Gasteiger partial charge on any atom is -0.392 e. The average molecular weight is 338 g/mol. The molecule has 0 fully saturated rings. The molecule has 0 unspecified atom stereocenters. The minimum absolute atomic E-state index is 0.0329. The van der Waals surface area contributed by atoms with E-state index in [1.807, 2.05) is 0 Å². The Morgan fingerprint density at radius 2 is 1.87 bits per heavy atom. The Balaban J connectivity index is 2.40. The number of methoxy groups -OCH3 is 1. The largest absolute Gasteiger partial charge is 0.392 e. The van der Waals surface area contributed by atoms with Crippen LogP contribution in [0.5, 0.6) is 0 Å². The second-order valence-electron chi connectivity index (χ2n) is 5.61. The molecule has 0 saturated heterocycles. The molecule has 5 heteroatoms. The predicted octanol–water partition coefficient (Wildman–Crippen LogP) is 4.33. The number of benzene rings is 1. The van der Waals surface area contributed by atoms with Gasteiger partial charge < -0.3 is 14.6 Å². The van der Waals surface area contributed by atoms with Crippen LogP contribution in [0.2, 0.25) is 0 Å². The van der Waals surface area contributed by atoms with Gasteiger partial charge >= 0.3 is 0 Å². The maximum atomic E-state index is 13.2. The average Bonchev–Trinajstić information content (AvgIpc) is 2.91. The standard InChI is InChI=1S/C18H23FO3S/c1-12(2)18-15(10-20)17(13-4-6-14(19)7-5-13)16(23-18)11-22-9-8-21-3/h4-7,12,20H,8-11H2,1-3H3. The summed E-state index contributed by atoms with van der Waals surface area (Å²) >= 11 is 1.66. The Bertz CT molecular complexity index is 620. The summed E-state index contributed by atoms with van der Waals surface area (Å²) in [6, 6.07) is 6.39. The van der Waals surface area contributed by atoms with E-state index in [0.717, 1.165) is 26.4 Å². The smallest absolute Gasteiger partial charge is 0.123 e. The number of halogens is 1. The highest BCUT2D eigenvalue weighted by molar-refractivity contribution is 7.12. The van der Waals surface area contributed by atoms with Crippen LogP contribution < -0.4 is 0 Å². The molecule has 1 heterocycles. The SMILES string of the molecule is COCCOCc1sc(C(C)C)c(CO)c1-c1ccc(F)cc1. The van der Waals surface area contributed by atoms with Gasteiger partial charge in [0.1, 0.15) is 5.82 Å². The van der Waals surface area contributed by atoms with Gasteiger partial charge in [0, 0.05) is 22.4 Å². The number of hydrogen-bond donors (Lipinski definition) is 1. The molecule has 0 aliphatic carbocycles. The molecular formula is C18H23FO3S. The number of ether oxygens (including phenoxy) is 2. The number of rotatable bonds is 8. The molecule has 0 aliphatic heterocycles. The van der Waals surface area contributed by atoms with Crippen molar-refractivity contribution >= 4 is 11.3 Å². The lowest BCUT2D eigenvalue weighted by Crippen LogP contribution is -2.01. The van der Waals surface area contributed by atoms with Gasteiger partial charge in [-0.2, -0.15) is 0 Å². The maximum absolute atomic E-state index is 13.2. The molecule has 1 aromatic carbocycles. The zero-order valence-corrected chi connectivity index (χ0v) is 14.6. The van der Waals surface area contributed by atoms with Gasteiger partial charge in [0.05, 0.1) is 26.4 Å². The fraction of sp³-hybridized carbons (Fsp3) is 0.444. The van der Waals surface area contributed by atoms with E-state index >= 15 is 0 Å². The van der Waals surface area contributed by atoms with Crippen LogP contribution >= 0.6 is 11.3 Å². The van der Waals surface area contributed by atoms with E-state index in [-0.39, 0.29) is 12.4 Å². The maximum Gasteiger partial charge on any atom is 0.123 e. The van der Waals surface area contributed by atoms with Crippen molar-refractivity contribution in [3.8, 4) is 11.1 Å². The molecule has 0 radical (unpaired) electrons. The molecule has 1 N–H and O–H groups in total. The van der Waals surface area contributed by atoms with E-state index in [9.17, 15) is 9.50 Å². The summed E-state index contributed by atoms with van der Waals surface area (Å²) in [5.41, 5.74) is 2.80. The van der Waals surface area contributed by atoms with Crippen molar-refractivity contribution in [2.75, 3.05) is 20.3 Å². The normalized spacial score (nSPS) is 11.4. The quantitative estimate of drug-likeness (QED) is 0.728. The van der Waals surface area contributed by atoms with Crippen molar-refractivity contribution in [2.24, 2.45) is 0 Å². The minimum atomic E-state index is -0.267. The Morgan fingerprint density at radius 3 is 2.43 bits per heavy atom. The highest BCUT2D eigenvalue weighted by Gasteiger charge is 2.20. The van der Waals surface area contributed by atoms with Crippen LogP contribution in [0.3, 0.4) is 0 Å². The lowest BCUT2D eigenvalue weighted by atomic mass is 9.97. The Morgan fingerprint density at radius 1 is 1.17 bits per heavy atom. The van der Waals surface area contributed by atoms with Crippen molar-refractivity contribution in [2.45, 2.75) is 33.0 Å². The summed E-state index contributed by atoms with van der Waals surface area (Å²) in [4.78, 5) is 2.21. The first-order valence-electron chi connectivity index (χ1n) is 7.66. The number of hydrogen-bond acceptors (Lipinski definition) is 4. The second kappa shape index (κ2) is 8.55. The summed E-state index contributed by atoms with van der Waals surface area (Å²) < 4.78 is 23.9. The fourth-order valence-corrected chi connectivity index (χ4v) is 3.80. The molecule has 0 amide bonds. The van der Waals surface area contributed by atoms with Crippen LogP contribution in [0.15, 0.2) is 24.3 Å². The molecule has 1 aromatic heterocycles.